The summed E-state index contributed by atoms with van der Waals surface area (Å²) in [6, 6.07) is 0. The van der Waals surface area contributed by atoms with Gasteiger partial charge in [-0.3, -0.25) is 0 Å². The summed E-state index contributed by atoms with van der Waals surface area (Å²) in [5.74, 6) is 0. The van der Waals surface area contributed by atoms with Crippen LogP contribution in [0.2, 0.25) is 0 Å². The van der Waals surface area contributed by atoms with Gasteiger partial charge in [0.2, 0.25) is 0 Å². The second-order valence-electron chi connectivity index (χ2n) is 5.76. The van der Waals surface area contributed by atoms with Gasteiger partial charge in [0.05, 0.1) is 17.8 Å². The number of hydrogen-bond acceptors (Lipinski definition) is 2. The van der Waals surface area contributed by atoms with Crippen LogP contribution >= 0.6 is 0 Å². The van der Waals surface area contributed by atoms with E-state index in [-0.39, 0.29) is 11.2 Å². The van der Waals surface area contributed by atoms with Crippen LogP contribution in [-0.2, 0) is 9.47 Å². The molecule has 1 atom stereocenters. The van der Waals surface area contributed by atoms with Gasteiger partial charge in [-0.05, 0) is 46.5 Å². The van der Waals surface area contributed by atoms with Crippen LogP contribution in [0.1, 0.15) is 73.6 Å². The Morgan fingerprint density at radius 1 is 0.765 bits per heavy atom. The fourth-order valence-electron chi connectivity index (χ4n) is 1.87. The maximum absolute atomic E-state index is 6.06. The van der Waals surface area contributed by atoms with Crippen molar-refractivity contribution in [3.8, 4) is 0 Å². The van der Waals surface area contributed by atoms with Crippen molar-refractivity contribution in [2.45, 2.75) is 84.8 Å². The SMILES string of the molecule is CCCOC(C)(C)CCOC(C)(CC)CCC. The van der Waals surface area contributed by atoms with Gasteiger partial charge in [-0.2, -0.15) is 0 Å². The molecule has 0 heterocycles. The fraction of sp³-hybridized carbons (Fsp3) is 1.00. The molecular formula is C15H32O2. The summed E-state index contributed by atoms with van der Waals surface area (Å²) in [6.45, 7) is 14.7. The van der Waals surface area contributed by atoms with E-state index in [0.29, 0.717) is 0 Å². The third-order valence-corrected chi connectivity index (χ3v) is 3.38. The van der Waals surface area contributed by atoms with E-state index in [4.69, 9.17) is 9.47 Å². The van der Waals surface area contributed by atoms with E-state index in [1.807, 2.05) is 0 Å². The highest BCUT2D eigenvalue weighted by Gasteiger charge is 2.24. The van der Waals surface area contributed by atoms with Gasteiger partial charge in [-0.15, -0.1) is 0 Å². The highest BCUT2D eigenvalue weighted by Crippen LogP contribution is 2.23. The molecule has 0 saturated heterocycles. The first-order valence-electron chi connectivity index (χ1n) is 7.17. The van der Waals surface area contributed by atoms with Crippen LogP contribution in [-0.4, -0.2) is 24.4 Å². The topological polar surface area (TPSA) is 18.5 Å². The summed E-state index contributed by atoms with van der Waals surface area (Å²) >= 11 is 0. The van der Waals surface area contributed by atoms with Crippen molar-refractivity contribution in [3.63, 3.8) is 0 Å². The summed E-state index contributed by atoms with van der Waals surface area (Å²) in [5, 5.41) is 0. The van der Waals surface area contributed by atoms with Crippen molar-refractivity contribution in [3.05, 3.63) is 0 Å². The Morgan fingerprint density at radius 2 is 1.41 bits per heavy atom. The molecule has 0 bridgehead atoms. The zero-order valence-electron chi connectivity index (χ0n) is 12.8. The quantitative estimate of drug-likeness (QED) is 0.560. The lowest BCUT2D eigenvalue weighted by atomic mass is 9.97. The van der Waals surface area contributed by atoms with E-state index in [9.17, 15) is 0 Å². The molecule has 0 aliphatic heterocycles. The molecule has 0 rings (SSSR count). The van der Waals surface area contributed by atoms with E-state index < -0.39 is 0 Å². The van der Waals surface area contributed by atoms with Crippen LogP contribution < -0.4 is 0 Å². The first kappa shape index (κ1) is 16.9. The molecule has 2 heteroatoms. The predicted octanol–water partition coefficient (Wildman–Crippen LogP) is 4.57. The predicted molar refractivity (Wildman–Crippen MR) is 74.5 cm³/mol. The Bertz CT molecular complexity index is 189. The molecule has 0 radical (unpaired) electrons. The van der Waals surface area contributed by atoms with Gasteiger partial charge in [-0.1, -0.05) is 27.2 Å². The van der Waals surface area contributed by atoms with E-state index >= 15 is 0 Å². The molecule has 0 aromatic heterocycles. The van der Waals surface area contributed by atoms with Gasteiger partial charge in [0.25, 0.3) is 0 Å². The van der Waals surface area contributed by atoms with Crippen molar-refractivity contribution in [1.82, 2.24) is 0 Å². The van der Waals surface area contributed by atoms with Crippen LogP contribution in [0.3, 0.4) is 0 Å². The van der Waals surface area contributed by atoms with Crippen molar-refractivity contribution in [2.24, 2.45) is 0 Å². The maximum Gasteiger partial charge on any atom is 0.0651 e. The standard InChI is InChI=1S/C15H32O2/c1-7-10-15(6,9-3)17-13-11-14(4,5)16-12-8-2/h7-13H2,1-6H3. The molecule has 0 amide bonds. The first-order chi connectivity index (χ1) is 7.89. The monoisotopic (exact) mass is 244 g/mol. The van der Waals surface area contributed by atoms with Crippen molar-refractivity contribution in [1.29, 1.82) is 0 Å². The lowest BCUT2D eigenvalue weighted by Gasteiger charge is -2.31. The third-order valence-electron chi connectivity index (χ3n) is 3.38. The summed E-state index contributed by atoms with van der Waals surface area (Å²) in [7, 11) is 0. The molecule has 104 valence electrons. The minimum absolute atomic E-state index is 0.0512. The molecule has 0 spiro atoms. The molecule has 0 fully saturated rings. The first-order valence-corrected chi connectivity index (χ1v) is 7.17. The molecule has 0 aromatic rings. The van der Waals surface area contributed by atoms with Gasteiger partial charge in [-0.25, -0.2) is 0 Å². The molecule has 2 nitrogen and oxygen atoms in total. The maximum atomic E-state index is 6.06. The van der Waals surface area contributed by atoms with Crippen LogP contribution in [0.15, 0.2) is 0 Å². The lowest BCUT2D eigenvalue weighted by Crippen LogP contribution is -2.32. The molecule has 17 heavy (non-hydrogen) atoms. The third kappa shape index (κ3) is 7.77. The summed E-state index contributed by atoms with van der Waals surface area (Å²) < 4.78 is 11.9. The molecule has 0 aliphatic carbocycles. The average Bonchev–Trinajstić information content (AvgIpc) is 2.26. The second kappa shape index (κ2) is 8.10. The van der Waals surface area contributed by atoms with E-state index in [1.54, 1.807) is 0 Å². The number of ether oxygens (including phenoxy) is 2. The Balaban J connectivity index is 3.94. The Labute approximate surface area is 108 Å². The minimum Gasteiger partial charge on any atom is -0.375 e. The van der Waals surface area contributed by atoms with Crippen LogP contribution in [0.5, 0.6) is 0 Å². The fourth-order valence-corrected chi connectivity index (χ4v) is 1.87. The second-order valence-corrected chi connectivity index (χ2v) is 5.76. The highest BCUT2D eigenvalue weighted by molar-refractivity contribution is 4.74. The van der Waals surface area contributed by atoms with Crippen LogP contribution in [0.25, 0.3) is 0 Å². The zero-order valence-corrected chi connectivity index (χ0v) is 12.8. The van der Waals surface area contributed by atoms with Crippen molar-refractivity contribution < 1.29 is 9.47 Å². The molecule has 0 saturated carbocycles. The normalized spacial score (nSPS) is 15.9. The van der Waals surface area contributed by atoms with Crippen LogP contribution in [0.4, 0.5) is 0 Å². The Hall–Kier alpha value is -0.0800. The van der Waals surface area contributed by atoms with Gasteiger partial charge in [0.15, 0.2) is 0 Å². The van der Waals surface area contributed by atoms with Crippen LogP contribution in [0, 0.1) is 0 Å². The largest absolute Gasteiger partial charge is 0.375 e. The summed E-state index contributed by atoms with van der Waals surface area (Å²) in [4.78, 5) is 0. The summed E-state index contributed by atoms with van der Waals surface area (Å²) in [5.41, 5.74) is -0.00748. The average molecular weight is 244 g/mol. The van der Waals surface area contributed by atoms with Crippen molar-refractivity contribution >= 4 is 0 Å². The molecule has 1 unspecified atom stereocenters. The smallest absolute Gasteiger partial charge is 0.0651 e. The van der Waals surface area contributed by atoms with Gasteiger partial charge >= 0.3 is 0 Å². The molecule has 0 aliphatic rings. The zero-order chi connectivity index (χ0) is 13.4. The van der Waals surface area contributed by atoms with Gasteiger partial charge < -0.3 is 9.47 Å². The van der Waals surface area contributed by atoms with E-state index in [2.05, 4.69) is 41.5 Å². The number of rotatable bonds is 10. The summed E-state index contributed by atoms with van der Waals surface area (Å²) in [6.07, 6.45) is 5.44. The Kier molecular flexibility index (Phi) is 8.06. The lowest BCUT2D eigenvalue weighted by molar-refractivity contribution is -0.0823. The molecular weight excluding hydrogens is 212 g/mol. The molecule has 0 aromatic carbocycles. The van der Waals surface area contributed by atoms with E-state index in [1.165, 1.54) is 6.42 Å². The minimum atomic E-state index is -0.0587. The van der Waals surface area contributed by atoms with Crippen molar-refractivity contribution in [2.75, 3.05) is 13.2 Å². The highest BCUT2D eigenvalue weighted by atomic mass is 16.5. The van der Waals surface area contributed by atoms with E-state index in [0.717, 1.165) is 38.9 Å². The Morgan fingerprint density at radius 3 is 1.88 bits per heavy atom. The molecule has 0 N–H and O–H groups in total. The van der Waals surface area contributed by atoms with Gasteiger partial charge in [0.1, 0.15) is 0 Å². The number of hydrogen-bond donors (Lipinski definition) is 0. The van der Waals surface area contributed by atoms with Gasteiger partial charge in [0, 0.05) is 6.61 Å².